The number of hydrogen-bond donors (Lipinski definition) is 2. The largest absolute Gasteiger partial charge is 0.465 e. The highest BCUT2D eigenvalue weighted by molar-refractivity contribution is 5.80. The summed E-state index contributed by atoms with van der Waals surface area (Å²) in [5.41, 5.74) is 0. The highest BCUT2D eigenvalue weighted by Crippen LogP contribution is 1.86. The van der Waals surface area contributed by atoms with Gasteiger partial charge >= 0.3 is 12.0 Å². The van der Waals surface area contributed by atoms with Gasteiger partial charge in [0.15, 0.2) is 0 Å². The Balaban J connectivity index is 3.48. The Morgan fingerprint density at radius 1 is 1.29 bits per heavy atom. The zero-order valence-corrected chi connectivity index (χ0v) is 8.92. The van der Waals surface area contributed by atoms with Crippen LogP contribution in [0.15, 0.2) is 0 Å². The molecule has 0 heterocycles. The summed E-state index contributed by atoms with van der Waals surface area (Å²) in [6.45, 7) is 6.54. The summed E-state index contributed by atoms with van der Waals surface area (Å²) in [4.78, 5) is 21.8. The van der Waals surface area contributed by atoms with Crippen LogP contribution in [0.4, 0.5) is 4.79 Å². The van der Waals surface area contributed by atoms with E-state index in [9.17, 15) is 9.59 Å². The van der Waals surface area contributed by atoms with E-state index >= 15 is 0 Å². The molecule has 0 aliphatic rings. The van der Waals surface area contributed by atoms with Gasteiger partial charge in [0, 0.05) is 6.54 Å². The molecule has 0 aromatic heterocycles. The van der Waals surface area contributed by atoms with Gasteiger partial charge in [0.1, 0.15) is 6.54 Å². The van der Waals surface area contributed by atoms with Crippen molar-refractivity contribution < 1.29 is 14.3 Å². The van der Waals surface area contributed by atoms with E-state index in [2.05, 4.69) is 15.4 Å². The zero-order valence-electron chi connectivity index (χ0n) is 8.92. The standard InChI is InChI=1S/C9H18N2O3/c1-4-14-8(12)6-11-9(13)10-5-7(2)3/h7H,4-6H2,1-3H3,(H2,10,11,13). The van der Waals surface area contributed by atoms with E-state index < -0.39 is 5.97 Å². The number of ether oxygens (including phenoxy) is 1. The van der Waals surface area contributed by atoms with Crippen molar-refractivity contribution in [3.05, 3.63) is 0 Å². The molecule has 0 saturated carbocycles. The smallest absolute Gasteiger partial charge is 0.325 e. The van der Waals surface area contributed by atoms with E-state index in [0.29, 0.717) is 19.1 Å². The van der Waals surface area contributed by atoms with Crippen LogP contribution in [0.25, 0.3) is 0 Å². The summed E-state index contributed by atoms with van der Waals surface area (Å²) in [5.74, 6) is -0.0319. The lowest BCUT2D eigenvalue weighted by molar-refractivity contribution is -0.141. The Morgan fingerprint density at radius 2 is 1.93 bits per heavy atom. The Hall–Kier alpha value is -1.26. The van der Waals surface area contributed by atoms with Gasteiger partial charge in [-0.25, -0.2) is 4.79 Å². The topological polar surface area (TPSA) is 67.4 Å². The molecule has 0 atom stereocenters. The van der Waals surface area contributed by atoms with Gasteiger partial charge in [0.25, 0.3) is 0 Å². The van der Waals surface area contributed by atoms with Crippen molar-refractivity contribution in [1.82, 2.24) is 10.6 Å². The molecular weight excluding hydrogens is 184 g/mol. The lowest BCUT2D eigenvalue weighted by Crippen LogP contribution is -2.40. The average Bonchev–Trinajstić information content (AvgIpc) is 2.12. The summed E-state index contributed by atoms with van der Waals surface area (Å²) in [6, 6.07) is -0.341. The van der Waals surface area contributed by atoms with Crippen LogP contribution >= 0.6 is 0 Å². The second kappa shape index (κ2) is 7.17. The number of nitrogens with one attached hydrogen (secondary N) is 2. The SMILES string of the molecule is CCOC(=O)CNC(=O)NCC(C)C. The molecule has 0 unspecified atom stereocenters. The predicted molar refractivity (Wildman–Crippen MR) is 52.9 cm³/mol. The minimum Gasteiger partial charge on any atom is -0.465 e. The molecule has 5 heteroatoms. The van der Waals surface area contributed by atoms with Crippen molar-refractivity contribution in [2.45, 2.75) is 20.8 Å². The van der Waals surface area contributed by atoms with E-state index in [0.717, 1.165) is 0 Å². The van der Waals surface area contributed by atoms with Gasteiger partial charge in [-0.05, 0) is 12.8 Å². The van der Waals surface area contributed by atoms with Crippen LogP contribution in [-0.2, 0) is 9.53 Å². The van der Waals surface area contributed by atoms with Crippen LogP contribution in [0.1, 0.15) is 20.8 Å². The van der Waals surface area contributed by atoms with Crippen LogP contribution in [0.2, 0.25) is 0 Å². The van der Waals surface area contributed by atoms with Crippen molar-refractivity contribution in [2.24, 2.45) is 5.92 Å². The number of carbonyl (C=O) groups is 2. The summed E-state index contributed by atoms with van der Waals surface area (Å²) >= 11 is 0. The van der Waals surface area contributed by atoms with Crippen molar-refractivity contribution >= 4 is 12.0 Å². The van der Waals surface area contributed by atoms with Gasteiger partial charge in [0.05, 0.1) is 6.61 Å². The van der Waals surface area contributed by atoms with Crippen molar-refractivity contribution in [3.8, 4) is 0 Å². The number of rotatable bonds is 5. The molecule has 0 bridgehead atoms. The molecule has 0 radical (unpaired) electrons. The third-order valence-corrected chi connectivity index (χ3v) is 1.37. The minimum atomic E-state index is -0.424. The van der Waals surface area contributed by atoms with E-state index in [1.807, 2.05) is 13.8 Å². The number of hydrogen-bond acceptors (Lipinski definition) is 3. The highest BCUT2D eigenvalue weighted by Gasteiger charge is 2.05. The van der Waals surface area contributed by atoms with Gasteiger partial charge in [0.2, 0.25) is 0 Å². The van der Waals surface area contributed by atoms with Crippen molar-refractivity contribution in [2.75, 3.05) is 19.7 Å². The Bertz CT molecular complexity index is 192. The van der Waals surface area contributed by atoms with Crippen LogP contribution in [0, 0.1) is 5.92 Å². The van der Waals surface area contributed by atoms with Gasteiger partial charge in [-0.15, -0.1) is 0 Å². The highest BCUT2D eigenvalue weighted by atomic mass is 16.5. The molecule has 0 spiro atoms. The second-order valence-electron chi connectivity index (χ2n) is 3.26. The summed E-state index contributed by atoms with van der Waals surface area (Å²) in [7, 11) is 0. The fraction of sp³-hybridized carbons (Fsp3) is 0.778. The maximum atomic E-state index is 11.0. The number of urea groups is 1. The van der Waals surface area contributed by atoms with E-state index in [4.69, 9.17) is 0 Å². The molecule has 2 N–H and O–H groups in total. The van der Waals surface area contributed by atoms with Crippen LogP contribution < -0.4 is 10.6 Å². The molecule has 82 valence electrons. The van der Waals surface area contributed by atoms with Gasteiger partial charge < -0.3 is 15.4 Å². The molecule has 0 aromatic rings. The van der Waals surface area contributed by atoms with Crippen molar-refractivity contribution in [1.29, 1.82) is 0 Å². The number of esters is 1. The Morgan fingerprint density at radius 3 is 2.43 bits per heavy atom. The van der Waals surface area contributed by atoms with Gasteiger partial charge in [-0.3, -0.25) is 4.79 Å². The van der Waals surface area contributed by atoms with Crippen LogP contribution in [0.5, 0.6) is 0 Å². The molecule has 0 aromatic carbocycles. The molecule has 0 aliphatic heterocycles. The normalized spacial score (nSPS) is 9.71. The molecule has 5 nitrogen and oxygen atoms in total. The third-order valence-electron chi connectivity index (χ3n) is 1.37. The van der Waals surface area contributed by atoms with E-state index in [-0.39, 0.29) is 12.6 Å². The number of amides is 2. The maximum Gasteiger partial charge on any atom is 0.325 e. The first kappa shape index (κ1) is 12.7. The molecule has 0 saturated heterocycles. The third kappa shape index (κ3) is 7.39. The summed E-state index contributed by atoms with van der Waals surface area (Å²) in [5, 5.41) is 5.02. The van der Waals surface area contributed by atoms with Crippen LogP contribution in [-0.4, -0.2) is 31.7 Å². The fourth-order valence-corrected chi connectivity index (χ4v) is 0.724. The first-order valence-corrected chi connectivity index (χ1v) is 4.73. The zero-order chi connectivity index (χ0) is 11.0. The lowest BCUT2D eigenvalue weighted by atomic mass is 10.2. The van der Waals surface area contributed by atoms with E-state index in [1.54, 1.807) is 6.92 Å². The minimum absolute atomic E-state index is 0.0855. The monoisotopic (exact) mass is 202 g/mol. The molecular formula is C9H18N2O3. The van der Waals surface area contributed by atoms with Crippen molar-refractivity contribution in [3.63, 3.8) is 0 Å². The maximum absolute atomic E-state index is 11.0. The fourth-order valence-electron chi connectivity index (χ4n) is 0.724. The second-order valence-corrected chi connectivity index (χ2v) is 3.26. The summed E-state index contributed by atoms with van der Waals surface area (Å²) < 4.78 is 4.64. The Labute approximate surface area is 84.2 Å². The van der Waals surface area contributed by atoms with Crippen LogP contribution in [0.3, 0.4) is 0 Å². The van der Waals surface area contributed by atoms with Gasteiger partial charge in [-0.2, -0.15) is 0 Å². The summed E-state index contributed by atoms with van der Waals surface area (Å²) in [6.07, 6.45) is 0. The predicted octanol–water partition coefficient (Wildman–Crippen LogP) is 0.505. The molecule has 2 amide bonds. The number of carbonyl (C=O) groups excluding carboxylic acids is 2. The van der Waals surface area contributed by atoms with Gasteiger partial charge in [-0.1, -0.05) is 13.8 Å². The quantitative estimate of drug-likeness (QED) is 0.638. The molecule has 14 heavy (non-hydrogen) atoms. The molecule has 0 aliphatic carbocycles. The first-order chi connectivity index (χ1) is 6.56. The first-order valence-electron chi connectivity index (χ1n) is 4.73. The average molecular weight is 202 g/mol. The lowest BCUT2D eigenvalue weighted by Gasteiger charge is -2.08. The Kier molecular flexibility index (Phi) is 6.53. The molecule has 0 fully saturated rings. The van der Waals surface area contributed by atoms with E-state index in [1.165, 1.54) is 0 Å². The molecule has 0 rings (SSSR count).